The van der Waals surface area contributed by atoms with Crippen LogP contribution in [-0.2, 0) is 0 Å². The number of benzene rings is 2. The molecule has 0 fully saturated rings. The zero-order chi connectivity index (χ0) is 17.6. The predicted octanol–water partition coefficient (Wildman–Crippen LogP) is 4.11. The summed E-state index contributed by atoms with van der Waals surface area (Å²) in [4.78, 5) is 12.4. The Hall–Kier alpha value is -2.19. The molecule has 24 heavy (non-hydrogen) atoms. The third kappa shape index (κ3) is 2.51. The molecule has 8 heteroatoms. The van der Waals surface area contributed by atoms with E-state index in [0.29, 0.717) is 5.56 Å². The van der Waals surface area contributed by atoms with E-state index in [4.69, 9.17) is 9.15 Å². The molecule has 0 aliphatic rings. The van der Waals surface area contributed by atoms with Crippen LogP contribution < -0.4 is 10.2 Å². The summed E-state index contributed by atoms with van der Waals surface area (Å²) in [6.07, 6.45) is 0. The number of halogens is 2. The molecule has 0 radical (unpaired) electrons. The van der Waals surface area contributed by atoms with Gasteiger partial charge in [0.1, 0.15) is 25.8 Å². The predicted molar refractivity (Wildman–Crippen MR) is 94.9 cm³/mol. The zero-order valence-electron chi connectivity index (χ0n) is 12.1. The van der Waals surface area contributed by atoms with Gasteiger partial charge in [0.25, 0.3) is 0 Å². The quantitative estimate of drug-likeness (QED) is 0.535. The number of fused-ring (bicyclic) bond motifs is 1. The summed E-state index contributed by atoms with van der Waals surface area (Å²) in [6.45, 7) is 0. The topological polar surface area (TPSA) is 100 Å². The Bertz CT molecular complexity index is 1030. The molecule has 0 unspecified atom stereocenters. The second-order valence-corrected chi connectivity index (χ2v) is 6.48. The monoisotopic (exact) mass is 456 g/mol. The minimum absolute atomic E-state index is 0.00833. The summed E-state index contributed by atoms with van der Waals surface area (Å²) in [5, 5.41) is 29.8. The fourth-order valence-electron chi connectivity index (χ4n) is 2.28. The van der Waals surface area contributed by atoms with E-state index in [1.165, 1.54) is 25.3 Å². The third-order valence-electron chi connectivity index (χ3n) is 3.47. The molecule has 6 nitrogen and oxygen atoms in total. The van der Waals surface area contributed by atoms with Gasteiger partial charge in [0, 0.05) is 11.6 Å². The van der Waals surface area contributed by atoms with Gasteiger partial charge in [0.2, 0.25) is 0 Å². The van der Waals surface area contributed by atoms with Gasteiger partial charge in [-0.05, 0) is 50.1 Å². The minimum Gasteiger partial charge on any atom is -0.506 e. The van der Waals surface area contributed by atoms with Gasteiger partial charge >= 0.3 is 0 Å². The highest BCUT2D eigenvalue weighted by Gasteiger charge is 2.21. The number of rotatable bonds is 2. The van der Waals surface area contributed by atoms with E-state index in [-0.39, 0.29) is 42.9 Å². The molecule has 2 aromatic carbocycles. The van der Waals surface area contributed by atoms with Crippen molar-refractivity contribution in [3.63, 3.8) is 0 Å². The normalized spacial score (nSPS) is 11.0. The van der Waals surface area contributed by atoms with E-state index in [9.17, 15) is 20.1 Å². The lowest BCUT2D eigenvalue weighted by Crippen LogP contribution is -2.02. The summed E-state index contributed by atoms with van der Waals surface area (Å²) in [7, 11) is 1.42. The van der Waals surface area contributed by atoms with Crippen molar-refractivity contribution in [1.82, 2.24) is 0 Å². The second kappa shape index (κ2) is 6.03. The molecule has 3 N–H and O–H groups in total. The van der Waals surface area contributed by atoms with Gasteiger partial charge in [-0.1, -0.05) is 0 Å². The second-order valence-electron chi connectivity index (χ2n) is 4.89. The summed E-state index contributed by atoms with van der Waals surface area (Å²) < 4.78 is 10.8. The summed E-state index contributed by atoms with van der Waals surface area (Å²) >= 11 is 6.17. The number of ether oxygens (including phenoxy) is 1. The molecule has 3 aromatic rings. The van der Waals surface area contributed by atoms with E-state index in [1.54, 1.807) is 6.07 Å². The lowest BCUT2D eigenvalue weighted by atomic mass is 10.1. The number of phenols is 3. The maximum atomic E-state index is 12.4. The Morgan fingerprint density at radius 3 is 2.38 bits per heavy atom. The molecular formula is C16H10Br2O6. The highest BCUT2D eigenvalue weighted by molar-refractivity contribution is 9.11. The molecule has 0 atom stereocenters. The van der Waals surface area contributed by atoms with Crippen LogP contribution in [0.2, 0.25) is 0 Å². The molecule has 3 rings (SSSR count). The first-order valence-corrected chi connectivity index (χ1v) is 8.17. The molecule has 0 bridgehead atoms. The van der Waals surface area contributed by atoms with Crippen molar-refractivity contribution in [2.24, 2.45) is 0 Å². The van der Waals surface area contributed by atoms with E-state index in [2.05, 4.69) is 31.9 Å². The number of phenolic OH excluding ortho intramolecular Hbond substituents is 3. The van der Waals surface area contributed by atoms with E-state index in [0.717, 1.165) is 0 Å². The minimum atomic E-state index is -0.500. The van der Waals surface area contributed by atoms with Crippen molar-refractivity contribution in [2.75, 3.05) is 7.11 Å². The molecule has 124 valence electrons. The number of aromatic hydroxyl groups is 3. The SMILES string of the molecule is COc1ccc(-c2cc(=O)c3c(O)c(Br)c(O)c(Br)c3o2)cc1O. The van der Waals surface area contributed by atoms with Crippen molar-refractivity contribution < 1.29 is 24.5 Å². The van der Waals surface area contributed by atoms with Gasteiger partial charge in [0.05, 0.1) is 7.11 Å². The van der Waals surface area contributed by atoms with E-state index in [1.807, 2.05) is 0 Å². The van der Waals surface area contributed by atoms with Crippen LogP contribution in [0.15, 0.2) is 42.4 Å². The van der Waals surface area contributed by atoms with Gasteiger partial charge in [-0.3, -0.25) is 4.79 Å². The fraction of sp³-hybridized carbons (Fsp3) is 0.0625. The van der Waals surface area contributed by atoms with Crippen molar-refractivity contribution >= 4 is 42.8 Å². The highest BCUT2D eigenvalue weighted by atomic mass is 79.9. The van der Waals surface area contributed by atoms with Gasteiger partial charge in [-0.15, -0.1) is 0 Å². The van der Waals surface area contributed by atoms with Crippen molar-refractivity contribution in [3.8, 4) is 34.3 Å². The van der Waals surface area contributed by atoms with Gasteiger partial charge in [-0.25, -0.2) is 0 Å². The van der Waals surface area contributed by atoms with Crippen LogP contribution in [0.1, 0.15) is 0 Å². The standard InChI is InChI=1S/C16H10Br2O6/c1-23-9-3-2-6(4-7(9)19)10-5-8(20)11-14(21)12(17)15(22)13(18)16(11)24-10/h2-5,19,21-22H,1H3. The van der Waals surface area contributed by atoms with Crippen molar-refractivity contribution in [1.29, 1.82) is 0 Å². The van der Waals surface area contributed by atoms with Crippen LogP contribution in [0.3, 0.4) is 0 Å². The Morgan fingerprint density at radius 2 is 1.75 bits per heavy atom. The van der Waals surface area contributed by atoms with Crippen molar-refractivity contribution in [2.45, 2.75) is 0 Å². The summed E-state index contributed by atoms with van der Waals surface area (Å²) in [5.74, 6) is -0.380. The smallest absolute Gasteiger partial charge is 0.197 e. The Balaban J connectivity index is 2.33. The highest BCUT2D eigenvalue weighted by Crippen LogP contribution is 2.45. The van der Waals surface area contributed by atoms with Crippen LogP contribution >= 0.6 is 31.9 Å². The lowest BCUT2D eigenvalue weighted by molar-refractivity contribution is 0.373. The molecule has 0 saturated carbocycles. The molecule has 1 aromatic heterocycles. The molecule has 0 amide bonds. The average molecular weight is 458 g/mol. The maximum absolute atomic E-state index is 12.4. The summed E-state index contributed by atoms with van der Waals surface area (Å²) in [6, 6.07) is 5.71. The maximum Gasteiger partial charge on any atom is 0.197 e. The van der Waals surface area contributed by atoms with Crippen LogP contribution in [0.25, 0.3) is 22.3 Å². The van der Waals surface area contributed by atoms with Gasteiger partial charge in [-0.2, -0.15) is 0 Å². The van der Waals surface area contributed by atoms with E-state index >= 15 is 0 Å². The molecule has 0 aliphatic heterocycles. The first kappa shape index (κ1) is 16.7. The largest absolute Gasteiger partial charge is 0.506 e. The van der Waals surface area contributed by atoms with E-state index < -0.39 is 11.2 Å². The zero-order valence-corrected chi connectivity index (χ0v) is 15.3. The third-order valence-corrected chi connectivity index (χ3v) is 4.96. The Labute approximate surface area is 152 Å². The fourth-order valence-corrected chi connectivity index (χ4v) is 3.42. The number of methoxy groups -OCH3 is 1. The molecular weight excluding hydrogens is 448 g/mol. The number of hydrogen-bond acceptors (Lipinski definition) is 6. The average Bonchev–Trinajstić information content (AvgIpc) is 2.57. The first-order chi connectivity index (χ1) is 11.3. The van der Waals surface area contributed by atoms with Crippen LogP contribution in [0.4, 0.5) is 0 Å². The van der Waals surface area contributed by atoms with Gasteiger partial charge in [0.15, 0.2) is 28.3 Å². The molecule has 1 heterocycles. The molecule has 0 saturated heterocycles. The Morgan fingerprint density at radius 1 is 1.04 bits per heavy atom. The first-order valence-electron chi connectivity index (χ1n) is 6.59. The number of hydrogen-bond donors (Lipinski definition) is 3. The van der Waals surface area contributed by atoms with Gasteiger partial charge < -0.3 is 24.5 Å². The van der Waals surface area contributed by atoms with Crippen LogP contribution in [0, 0.1) is 0 Å². The van der Waals surface area contributed by atoms with Crippen LogP contribution in [0.5, 0.6) is 23.0 Å². The molecule has 0 spiro atoms. The lowest BCUT2D eigenvalue weighted by Gasteiger charge is -2.10. The van der Waals surface area contributed by atoms with Crippen LogP contribution in [-0.4, -0.2) is 22.4 Å². The Kier molecular flexibility index (Phi) is 4.18. The molecule has 0 aliphatic carbocycles. The summed E-state index contributed by atoms with van der Waals surface area (Å²) in [5.41, 5.74) is -0.0763. The van der Waals surface area contributed by atoms with Crippen molar-refractivity contribution in [3.05, 3.63) is 43.4 Å².